The van der Waals surface area contributed by atoms with Gasteiger partial charge in [0.05, 0.1) is 0 Å². The van der Waals surface area contributed by atoms with E-state index in [0.717, 1.165) is 44.6 Å². The Labute approximate surface area is 123 Å². The first kappa shape index (κ1) is 15.3. The van der Waals surface area contributed by atoms with Gasteiger partial charge in [0.25, 0.3) is 0 Å². The Morgan fingerprint density at radius 3 is 2.55 bits per heavy atom. The third-order valence-corrected chi connectivity index (χ3v) is 3.80. The highest BCUT2D eigenvalue weighted by molar-refractivity contribution is 5.27. The largest absolute Gasteiger partial charge is 0.492 e. The molecule has 112 valence electrons. The first-order valence-electron chi connectivity index (χ1n) is 8.00. The van der Waals surface area contributed by atoms with E-state index in [4.69, 9.17) is 4.74 Å². The molecule has 1 N–H and O–H groups in total. The predicted molar refractivity (Wildman–Crippen MR) is 84.2 cm³/mol. The molecular formula is C17H28N2O. The molecule has 0 heterocycles. The monoisotopic (exact) mass is 276 g/mol. The number of hydrogen-bond donors (Lipinski definition) is 1. The van der Waals surface area contributed by atoms with Gasteiger partial charge in [-0.1, -0.05) is 26.0 Å². The van der Waals surface area contributed by atoms with E-state index in [1.54, 1.807) is 0 Å². The van der Waals surface area contributed by atoms with Crippen molar-refractivity contribution in [3.8, 4) is 5.75 Å². The summed E-state index contributed by atoms with van der Waals surface area (Å²) < 4.78 is 5.83. The van der Waals surface area contributed by atoms with Gasteiger partial charge in [-0.2, -0.15) is 0 Å². The molecule has 3 nitrogen and oxygen atoms in total. The summed E-state index contributed by atoms with van der Waals surface area (Å²) in [5, 5.41) is 3.41. The van der Waals surface area contributed by atoms with Crippen LogP contribution in [-0.4, -0.2) is 37.2 Å². The van der Waals surface area contributed by atoms with E-state index in [1.165, 1.54) is 24.8 Å². The average molecular weight is 276 g/mol. The summed E-state index contributed by atoms with van der Waals surface area (Å²) in [6.45, 7) is 9.40. The SMILES string of the molecule is CCCNCc1ccc(OCCN(CC)C2CC2)cc1. The predicted octanol–water partition coefficient (Wildman–Crippen LogP) is 3.05. The Morgan fingerprint density at radius 2 is 1.95 bits per heavy atom. The first-order valence-corrected chi connectivity index (χ1v) is 8.00. The molecule has 0 amide bonds. The van der Waals surface area contributed by atoms with Crippen LogP contribution in [0.2, 0.25) is 0 Å². The number of likely N-dealkylation sites (N-methyl/N-ethyl adjacent to an activating group) is 1. The van der Waals surface area contributed by atoms with Gasteiger partial charge in [0.1, 0.15) is 12.4 Å². The van der Waals surface area contributed by atoms with Gasteiger partial charge < -0.3 is 10.1 Å². The Morgan fingerprint density at radius 1 is 1.20 bits per heavy atom. The lowest BCUT2D eigenvalue weighted by molar-refractivity contribution is 0.209. The molecule has 1 aromatic carbocycles. The summed E-state index contributed by atoms with van der Waals surface area (Å²) in [5.74, 6) is 0.982. The first-order chi connectivity index (χ1) is 9.83. The quantitative estimate of drug-likeness (QED) is 0.665. The molecule has 0 spiro atoms. The summed E-state index contributed by atoms with van der Waals surface area (Å²) in [6, 6.07) is 9.29. The minimum absolute atomic E-state index is 0.789. The molecule has 0 radical (unpaired) electrons. The van der Waals surface area contributed by atoms with Crippen molar-refractivity contribution in [1.29, 1.82) is 0 Å². The topological polar surface area (TPSA) is 24.5 Å². The lowest BCUT2D eigenvalue weighted by atomic mass is 10.2. The Hall–Kier alpha value is -1.06. The molecule has 1 aliphatic rings. The molecule has 20 heavy (non-hydrogen) atoms. The van der Waals surface area contributed by atoms with Gasteiger partial charge in [0.2, 0.25) is 0 Å². The maximum atomic E-state index is 5.83. The third-order valence-electron chi connectivity index (χ3n) is 3.80. The summed E-state index contributed by atoms with van der Waals surface area (Å²) in [6.07, 6.45) is 3.91. The van der Waals surface area contributed by atoms with Crippen molar-refractivity contribution in [3.05, 3.63) is 29.8 Å². The van der Waals surface area contributed by atoms with Gasteiger partial charge in [0.15, 0.2) is 0 Å². The number of hydrogen-bond acceptors (Lipinski definition) is 3. The van der Waals surface area contributed by atoms with E-state index in [-0.39, 0.29) is 0 Å². The molecule has 2 rings (SSSR count). The Balaban J connectivity index is 1.67. The molecule has 1 aromatic rings. The smallest absolute Gasteiger partial charge is 0.119 e. The van der Waals surface area contributed by atoms with E-state index in [0.29, 0.717) is 0 Å². The van der Waals surface area contributed by atoms with Crippen molar-refractivity contribution in [2.75, 3.05) is 26.2 Å². The van der Waals surface area contributed by atoms with Crippen molar-refractivity contribution in [2.45, 2.75) is 45.7 Å². The fourth-order valence-corrected chi connectivity index (χ4v) is 2.43. The van der Waals surface area contributed by atoms with Gasteiger partial charge in [-0.25, -0.2) is 0 Å². The molecule has 3 heteroatoms. The Bertz CT molecular complexity index is 373. The van der Waals surface area contributed by atoms with Crippen LogP contribution in [0.3, 0.4) is 0 Å². The minimum atomic E-state index is 0.789. The van der Waals surface area contributed by atoms with Crippen molar-refractivity contribution in [2.24, 2.45) is 0 Å². The fraction of sp³-hybridized carbons (Fsp3) is 0.647. The molecule has 1 aliphatic carbocycles. The van der Waals surface area contributed by atoms with Crippen LogP contribution in [0.1, 0.15) is 38.7 Å². The van der Waals surface area contributed by atoms with Gasteiger partial charge in [-0.15, -0.1) is 0 Å². The van der Waals surface area contributed by atoms with Crippen LogP contribution in [0.5, 0.6) is 5.75 Å². The van der Waals surface area contributed by atoms with Gasteiger partial charge in [-0.05, 0) is 50.0 Å². The molecule has 1 fully saturated rings. The van der Waals surface area contributed by atoms with E-state index in [9.17, 15) is 0 Å². The second-order valence-corrected chi connectivity index (χ2v) is 5.53. The number of ether oxygens (including phenoxy) is 1. The zero-order valence-corrected chi connectivity index (χ0v) is 12.9. The molecule has 0 bridgehead atoms. The molecule has 1 saturated carbocycles. The molecule has 0 aromatic heterocycles. The number of nitrogens with one attached hydrogen (secondary N) is 1. The van der Waals surface area contributed by atoms with Crippen LogP contribution in [0.4, 0.5) is 0 Å². The molecule has 0 atom stereocenters. The summed E-state index contributed by atoms with van der Waals surface area (Å²) in [4.78, 5) is 2.52. The average Bonchev–Trinajstić information content (AvgIpc) is 3.30. The lowest BCUT2D eigenvalue weighted by Crippen LogP contribution is -2.30. The molecular weight excluding hydrogens is 248 g/mol. The zero-order chi connectivity index (χ0) is 14.2. The second-order valence-electron chi connectivity index (χ2n) is 5.53. The second kappa shape index (κ2) is 8.28. The summed E-state index contributed by atoms with van der Waals surface area (Å²) in [5.41, 5.74) is 1.32. The lowest BCUT2D eigenvalue weighted by Gasteiger charge is -2.19. The van der Waals surface area contributed by atoms with Crippen LogP contribution >= 0.6 is 0 Å². The minimum Gasteiger partial charge on any atom is -0.492 e. The number of nitrogens with zero attached hydrogens (tertiary/aromatic N) is 1. The van der Waals surface area contributed by atoms with Gasteiger partial charge in [0, 0.05) is 19.1 Å². The highest BCUT2D eigenvalue weighted by Crippen LogP contribution is 2.26. The van der Waals surface area contributed by atoms with Gasteiger partial charge in [-0.3, -0.25) is 4.90 Å². The summed E-state index contributed by atoms with van der Waals surface area (Å²) in [7, 11) is 0. The molecule has 0 saturated heterocycles. The highest BCUT2D eigenvalue weighted by Gasteiger charge is 2.27. The normalized spacial score (nSPS) is 14.8. The van der Waals surface area contributed by atoms with Crippen LogP contribution < -0.4 is 10.1 Å². The van der Waals surface area contributed by atoms with Gasteiger partial charge >= 0.3 is 0 Å². The Kier molecular flexibility index (Phi) is 6.34. The zero-order valence-electron chi connectivity index (χ0n) is 12.9. The summed E-state index contributed by atoms with van der Waals surface area (Å²) >= 11 is 0. The highest BCUT2D eigenvalue weighted by atomic mass is 16.5. The number of rotatable bonds is 10. The van der Waals surface area contributed by atoms with E-state index in [1.807, 2.05) is 0 Å². The maximum absolute atomic E-state index is 5.83. The van der Waals surface area contributed by atoms with Crippen molar-refractivity contribution in [3.63, 3.8) is 0 Å². The van der Waals surface area contributed by atoms with Crippen molar-refractivity contribution in [1.82, 2.24) is 10.2 Å². The van der Waals surface area contributed by atoms with Crippen molar-refractivity contribution >= 4 is 0 Å². The van der Waals surface area contributed by atoms with Crippen molar-refractivity contribution < 1.29 is 4.74 Å². The van der Waals surface area contributed by atoms with Crippen LogP contribution in [0.25, 0.3) is 0 Å². The van der Waals surface area contributed by atoms with E-state index in [2.05, 4.69) is 48.3 Å². The third kappa shape index (κ3) is 5.14. The molecule has 0 unspecified atom stereocenters. The number of benzene rings is 1. The molecule has 0 aliphatic heterocycles. The standard InChI is InChI=1S/C17H28N2O/c1-3-11-18-14-15-5-9-17(10-6-15)20-13-12-19(4-2)16-7-8-16/h5-6,9-10,16,18H,3-4,7-8,11-14H2,1-2H3. The van der Waals surface area contributed by atoms with Crippen LogP contribution in [0, 0.1) is 0 Å². The van der Waals surface area contributed by atoms with E-state index < -0.39 is 0 Å². The van der Waals surface area contributed by atoms with Crippen LogP contribution in [-0.2, 0) is 6.54 Å². The van der Waals surface area contributed by atoms with E-state index >= 15 is 0 Å². The van der Waals surface area contributed by atoms with Crippen LogP contribution in [0.15, 0.2) is 24.3 Å². The fourth-order valence-electron chi connectivity index (χ4n) is 2.43. The maximum Gasteiger partial charge on any atom is 0.119 e.